The van der Waals surface area contributed by atoms with Crippen LogP contribution in [0.25, 0.3) is 104 Å². The van der Waals surface area contributed by atoms with Crippen LogP contribution < -0.4 is 10.9 Å². The smallest absolute Gasteiger partial charge is 0.167 e. The van der Waals surface area contributed by atoms with Crippen LogP contribution in [0, 0.1) is 0 Å². The maximum absolute atomic E-state index is 11.9. The number of phenols is 4. The summed E-state index contributed by atoms with van der Waals surface area (Å²) in [4.78, 5) is 14.9. The number of hydrogen-bond donors (Lipinski definition) is 4. The Bertz CT molecular complexity index is 3480. The maximum atomic E-state index is 11.9. The van der Waals surface area contributed by atoms with E-state index in [-0.39, 0.29) is 33.8 Å². The van der Waals surface area contributed by atoms with Gasteiger partial charge in [-0.25, -0.2) is 15.0 Å². The maximum Gasteiger partial charge on any atom is 0.167 e. The second-order valence-corrected chi connectivity index (χ2v) is 16.6. The average molecular weight is 821 g/mol. The van der Waals surface area contributed by atoms with Gasteiger partial charge in [0, 0.05) is 42.4 Å². The molecule has 0 aliphatic rings. The zero-order valence-corrected chi connectivity index (χ0v) is 34.3. The summed E-state index contributed by atoms with van der Waals surface area (Å²) in [5, 5.41) is 48.9. The van der Waals surface area contributed by atoms with Crippen LogP contribution in [0.15, 0.2) is 158 Å². The molecule has 8 aromatic carbocycles. The average Bonchev–Trinajstić information content (AvgIpc) is 3.88. The lowest BCUT2D eigenvalue weighted by atomic mass is 9.90. The predicted octanol–water partition coefficient (Wildman–Crippen LogP) is 9.01. The molecule has 11 rings (SSSR count). The molecule has 0 atom stereocenters. The lowest BCUT2D eigenvalue weighted by molar-refractivity contribution is 0.408. The SMILES string of the molecule is Bc1cc(O)c2c(c1O)c1c(O)c(O)cc(B)c1n2-c1cc(-c2cccc3c2sc2ccccc23)ccc1-c1cccc(-c2nc(-c3ccccc3)nc(-c3ccccc3)n2)c1. The summed E-state index contributed by atoms with van der Waals surface area (Å²) in [6, 6.07) is 51.8. The van der Waals surface area contributed by atoms with Crippen LogP contribution in [0.1, 0.15) is 0 Å². The lowest BCUT2D eigenvalue weighted by Gasteiger charge is -2.18. The number of aromatic nitrogens is 4. The van der Waals surface area contributed by atoms with Crippen molar-refractivity contribution in [2.45, 2.75) is 0 Å². The first-order valence-electron chi connectivity index (χ1n) is 20.2. The zero-order valence-electron chi connectivity index (χ0n) is 33.5. The second kappa shape index (κ2) is 14.4. The first kappa shape index (κ1) is 37.1. The molecule has 294 valence electrons. The van der Waals surface area contributed by atoms with Gasteiger partial charge in [0.05, 0.1) is 22.0 Å². The fraction of sp³-hybridized carbons (Fsp3) is 0. The molecule has 3 heterocycles. The zero-order chi connectivity index (χ0) is 42.2. The van der Waals surface area contributed by atoms with Gasteiger partial charge in [-0.1, -0.05) is 133 Å². The summed E-state index contributed by atoms with van der Waals surface area (Å²) in [6.45, 7) is 0. The van der Waals surface area contributed by atoms with Gasteiger partial charge in [-0.15, -0.1) is 11.3 Å². The van der Waals surface area contributed by atoms with Crippen molar-refractivity contribution in [3.05, 3.63) is 158 Å². The van der Waals surface area contributed by atoms with E-state index in [1.54, 1.807) is 19.2 Å². The normalized spacial score (nSPS) is 11.6. The Morgan fingerprint density at radius 1 is 0.435 bits per heavy atom. The van der Waals surface area contributed by atoms with Crippen molar-refractivity contribution in [3.8, 4) is 85.1 Å². The third-order valence-corrected chi connectivity index (χ3v) is 12.9. The molecular formula is C51H34B2N4O4S. The van der Waals surface area contributed by atoms with Gasteiger partial charge in [0.1, 0.15) is 32.7 Å². The molecule has 0 saturated carbocycles. The Hall–Kier alpha value is -7.88. The van der Waals surface area contributed by atoms with E-state index >= 15 is 0 Å². The fourth-order valence-electron chi connectivity index (χ4n) is 8.77. The van der Waals surface area contributed by atoms with Gasteiger partial charge in [-0.2, -0.15) is 0 Å². The number of fused-ring (bicyclic) bond motifs is 6. The van der Waals surface area contributed by atoms with Crippen molar-refractivity contribution >= 4 is 79.9 Å². The van der Waals surface area contributed by atoms with Gasteiger partial charge < -0.3 is 25.0 Å². The van der Waals surface area contributed by atoms with E-state index in [4.69, 9.17) is 15.0 Å². The van der Waals surface area contributed by atoms with Gasteiger partial charge in [-0.3, -0.25) is 0 Å². The van der Waals surface area contributed by atoms with Crippen molar-refractivity contribution < 1.29 is 20.4 Å². The quantitative estimate of drug-likeness (QED) is 0.0750. The molecule has 0 spiro atoms. The number of thiophene rings is 1. The third kappa shape index (κ3) is 5.89. The van der Waals surface area contributed by atoms with E-state index in [1.807, 2.05) is 91.3 Å². The van der Waals surface area contributed by atoms with Crippen molar-refractivity contribution in [1.82, 2.24) is 19.5 Å². The van der Waals surface area contributed by atoms with Crippen LogP contribution in [-0.4, -0.2) is 55.6 Å². The van der Waals surface area contributed by atoms with Gasteiger partial charge in [0.15, 0.2) is 29.0 Å². The first-order chi connectivity index (χ1) is 30.2. The van der Waals surface area contributed by atoms with Crippen molar-refractivity contribution in [3.63, 3.8) is 0 Å². The van der Waals surface area contributed by atoms with Crippen molar-refractivity contribution in [2.24, 2.45) is 0 Å². The van der Waals surface area contributed by atoms with E-state index in [1.165, 1.54) is 22.2 Å². The molecule has 0 saturated heterocycles. The van der Waals surface area contributed by atoms with Crippen molar-refractivity contribution in [1.29, 1.82) is 0 Å². The topological polar surface area (TPSA) is 125 Å². The number of benzene rings is 8. The molecule has 0 radical (unpaired) electrons. The number of phenolic OH excluding ortho intramolecular Hbond substituents is 4. The number of rotatable bonds is 6. The van der Waals surface area contributed by atoms with Crippen LogP contribution in [-0.2, 0) is 0 Å². The highest BCUT2D eigenvalue weighted by molar-refractivity contribution is 7.26. The number of aromatic hydroxyl groups is 4. The van der Waals surface area contributed by atoms with Crippen LogP contribution in [0.2, 0.25) is 0 Å². The molecule has 0 amide bonds. The molecule has 0 bridgehead atoms. The highest BCUT2D eigenvalue weighted by Gasteiger charge is 2.27. The first-order valence-corrected chi connectivity index (χ1v) is 21.0. The van der Waals surface area contributed by atoms with E-state index < -0.39 is 0 Å². The molecule has 0 aliphatic carbocycles. The Morgan fingerprint density at radius 2 is 1.00 bits per heavy atom. The van der Waals surface area contributed by atoms with E-state index in [0.29, 0.717) is 45.1 Å². The Labute approximate surface area is 361 Å². The Morgan fingerprint density at radius 3 is 1.73 bits per heavy atom. The van der Waals surface area contributed by atoms with Crippen LogP contribution in [0.4, 0.5) is 0 Å². The largest absolute Gasteiger partial charge is 0.508 e. The molecule has 8 nitrogen and oxygen atoms in total. The minimum Gasteiger partial charge on any atom is -0.508 e. The van der Waals surface area contributed by atoms with Gasteiger partial charge in [0.2, 0.25) is 0 Å². The summed E-state index contributed by atoms with van der Waals surface area (Å²) >= 11 is 1.74. The molecule has 0 unspecified atom stereocenters. The molecule has 0 fully saturated rings. The highest BCUT2D eigenvalue weighted by atomic mass is 32.1. The molecule has 4 N–H and O–H groups in total. The van der Waals surface area contributed by atoms with Crippen LogP contribution in [0.3, 0.4) is 0 Å². The standard InChI is InChI=1S/C51H34B2N4O4S/c52-36-25-40(59)47(61)42-43-45(39(58)26-37(53)46(43)60)57(44(36)42)38-24-30(33-18-10-19-35-34-17-7-8-20-41(34)62-48(33)35)21-22-32(38)29-15-9-16-31(23-29)51-55-49(27-11-3-1-4-12-27)54-50(56-51)28-13-5-2-6-14-28/h1-26,58-61H,52-53H2. The fourth-order valence-corrected chi connectivity index (χ4v) is 10.0. The molecule has 11 heteroatoms. The Balaban J connectivity index is 1.20. The van der Waals surface area contributed by atoms with E-state index in [0.717, 1.165) is 49.0 Å². The van der Waals surface area contributed by atoms with E-state index in [2.05, 4.69) is 66.7 Å². The molecule has 3 aromatic heterocycles. The second-order valence-electron chi connectivity index (χ2n) is 15.5. The van der Waals surface area contributed by atoms with Gasteiger partial charge >= 0.3 is 0 Å². The molecule has 11 aromatic rings. The minimum atomic E-state index is -0.386. The van der Waals surface area contributed by atoms with Crippen LogP contribution in [0.5, 0.6) is 23.0 Å². The molecular weight excluding hydrogens is 786 g/mol. The van der Waals surface area contributed by atoms with E-state index in [9.17, 15) is 20.4 Å². The van der Waals surface area contributed by atoms with Crippen molar-refractivity contribution in [2.75, 3.05) is 0 Å². The summed E-state index contributed by atoms with van der Waals surface area (Å²) in [5.74, 6) is 0.700. The number of hydrogen-bond acceptors (Lipinski definition) is 8. The minimum absolute atomic E-state index is 0.0893. The molecule has 0 aliphatic heterocycles. The predicted molar refractivity (Wildman–Crippen MR) is 257 cm³/mol. The third-order valence-electron chi connectivity index (χ3n) is 11.7. The highest BCUT2D eigenvalue weighted by Crippen LogP contribution is 2.48. The summed E-state index contributed by atoms with van der Waals surface area (Å²) in [7, 11) is 3.54. The monoisotopic (exact) mass is 820 g/mol. The summed E-state index contributed by atoms with van der Waals surface area (Å²) < 4.78 is 4.23. The number of nitrogens with zero attached hydrogens (tertiary/aromatic N) is 4. The van der Waals surface area contributed by atoms with Gasteiger partial charge in [-0.05, 0) is 52.5 Å². The molecule has 62 heavy (non-hydrogen) atoms. The summed E-state index contributed by atoms with van der Waals surface area (Å²) in [5.41, 5.74) is 8.65. The lowest BCUT2D eigenvalue weighted by Crippen LogP contribution is -2.09. The Kier molecular flexibility index (Phi) is 8.62. The summed E-state index contributed by atoms with van der Waals surface area (Å²) in [6.07, 6.45) is 0. The van der Waals surface area contributed by atoms with Gasteiger partial charge in [0.25, 0.3) is 0 Å². The van der Waals surface area contributed by atoms with Crippen LogP contribution >= 0.6 is 11.3 Å².